The quantitative estimate of drug-likeness (QED) is 0.390. The molecule has 0 amide bonds. The van der Waals surface area contributed by atoms with Crippen molar-refractivity contribution < 1.29 is 9.53 Å². The lowest BCUT2D eigenvalue weighted by Gasteiger charge is -2.04. The van der Waals surface area contributed by atoms with E-state index < -0.39 is 0 Å². The second-order valence-electron chi connectivity index (χ2n) is 3.29. The molecule has 0 aliphatic carbocycles. The molecule has 0 heterocycles. The molecule has 0 N–H and O–H groups in total. The number of carbonyl (C=O) groups is 1. The van der Waals surface area contributed by atoms with E-state index in [-0.39, 0.29) is 5.97 Å². The van der Waals surface area contributed by atoms with Crippen LogP contribution in [0.15, 0.2) is 35.5 Å². The Balaban J connectivity index is 4.47. The summed E-state index contributed by atoms with van der Waals surface area (Å²) in [5, 5.41) is 0. The Morgan fingerprint density at radius 1 is 1.29 bits per heavy atom. The van der Waals surface area contributed by atoms with E-state index in [2.05, 4.69) is 6.58 Å². The normalized spacial score (nSPS) is 10.7. The third kappa shape index (κ3) is 4.65. The lowest BCUT2D eigenvalue weighted by atomic mass is 10.1. The van der Waals surface area contributed by atoms with E-state index in [1.54, 1.807) is 6.92 Å². The van der Waals surface area contributed by atoms with Gasteiger partial charge in [-0.3, -0.25) is 0 Å². The number of esters is 1. The highest BCUT2D eigenvalue weighted by atomic mass is 16.5. The van der Waals surface area contributed by atoms with Gasteiger partial charge in [0.2, 0.25) is 0 Å². The maximum absolute atomic E-state index is 11.2. The van der Waals surface area contributed by atoms with Gasteiger partial charge in [0.05, 0.1) is 12.2 Å². The Bertz CT molecular complexity index is 279. The fraction of sp³-hybridized carbons (Fsp3) is 0.417. The SMILES string of the molecule is C=C(C(=O)OCC)C(C)=CC=C(C)C. The molecule has 0 saturated heterocycles. The van der Waals surface area contributed by atoms with Gasteiger partial charge >= 0.3 is 5.97 Å². The summed E-state index contributed by atoms with van der Waals surface area (Å²) in [6, 6.07) is 0. The Hall–Kier alpha value is -1.31. The van der Waals surface area contributed by atoms with E-state index in [4.69, 9.17) is 4.74 Å². The molecule has 0 aromatic carbocycles. The van der Waals surface area contributed by atoms with Crippen molar-refractivity contribution in [1.29, 1.82) is 0 Å². The topological polar surface area (TPSA) is 26.3 Å². The summed E-state index contributed by atoms with van der Waals surface area (Å²) in [7, 11) is 0. The summed E-state index contributed by atoms with van der Waals surface area (Å²) in [4.78, 5) is 11.2. The first-order chi connectivity index (χ1) is 6.49. The minimum Gasteiger partial charge on any atom is -0.462 e. The highest BCUT2D eigenvalue weighted by molar-refractivity contribution is 5.92. The molecule has 2 heteroatoms. The van der Waals surface area contributed by atoms with Crippen molar-refractivity contribution in [2.75, 3.05) is 6.61 Å². The molecule has 0 fully saturated rings. The maximum Gasteiger partial charge on any atom is 0.337 e. The number of hydrogen-bond donors (Lipinski definition) is 0. The zero-order chi connectivity index (χ0) is 11.1. The fourth-order valence-electron chi connectivity index (χ4n) is 0.771. The molecule has 0 spiro atoms. The largest absolute Gasteiger partial charge is 0.462 e. The van der Waals surface area contributed by atoms with Crippen LogP contribution in [-0.2, 0) is 9.53 Å². The Kier molecular flexibility index (Phi) is 5.61. The second-order valence-corrected chi connectivity index (χ2v) is 3.29. The first-order valence-corrected chi connectivity index (χ1v) is 4.67. The summed E-state index contributed by atoms with van der Waals surface area (Å²) in [6.45, 7) is 11.7. The number of carbonyl (C=O) groups excluding carboxylic acids is 1. The monoisotopic (exact) mass is 194 g/mol. The van der Waals surface area contributed by atoms with Gasteiger partial charge in [0.15, 0.2) is 0 Å². The zero-order valence-corrected chi connectivity index (χ0v) is 9.39. The first-order valence-electron chi connectivity index (χ1n) is 4.67. The zero-order valence-electron chi connectivity index (χ0n) is 9.39. The molecule has 0 aliphatic rings. The van der Waals surface area contributed by atoms with E-state index in [1.165, 1.54) is 5.57 Å². The smallest absolute Gasteiger partial charge is 0.337 e. The van der Waals surface area contributed by atoms with E-state index >= 15 is 0 Å². The molecule has 0 aliphatic heterocycles. The lowest BCUT2D eigenvalue weighted by molar-refractivity contribution is -0.138. The van der Waals surface area contributed by atoms with Crippen molar-refractivity contribution in [3.05, 3.63) is 35.5 Å². The first kappa shape index (κ1) is 12.7. The highest BCUT2D eigenvalue weighted by Crippen LogP contribution is 2.09. The third-order valence-corrected chi connectivity index (χ3v) is 1.66. The van der Waals surface area contributed by atoms with E-state index in [0.717, 1.165) is 5.57 Å². The van der Waals surface area contributed by atoms with Gasteiger partial charge in [-0.25, -0.2) is 4.79 Å². The third-order valence-electron chi connectivity index (χ3n) is 1.66. The highest BCUT2D eigenvalue weighted by Gasteiger charge is 2.08. The van der Waals surface area contributed by atoms with E-state index in [9.17, 15) is 4.79 Å². The van der Waals surface area contributed by atoms with Gasteiger partial charge < -0.3 is 4.74 Å². The van der Waals surface area contributed by atoms with Crippen molar-refractivity contribution in [2.24, 2.45) is 0 Å². The molecular formula is C12H18O2. The lowest BCUT2D eigenvalue weighted by Crippen LogP contribution is -2.07. The molecular weight excluding hydrogens is 176 g/mol. The van der Waals surface area contributed by atoms with Crippen LogP contribution in [0, 0.1) is 0 Å². The van der Waals surface area contributed by atoms with Crippen LogP contribution in [0.1, 0.15) is 27.7 Å². The predicted molar refractivity (Wildman–Crippen MR) is 59.0 cm³/mol. The molecule has 0 aromatic heterocycles. The number of ether oxygens (including phenoxy) is 1. The Labute approximate surface area is 86.0 Å². The van der Waals surface area contributed by atoms with Crippen molar-refractivity contribution in [1.82, 2.24) is 0 Å². The Morgan fingerprint density at radius 3 is 2.29 bits per heavy atom. The van der Waals surface area contributed by atoms with Crippen LogP contribution in [-0.4, -0.2) is 12.6 Å². The predicted octanol–water partition coefficient (Wildman–Crippen LogP) is 3.02. The fourth-order valence-corrected chi connectivity index (χ4v) is 0.771. The number of rotatable bonds is 4. The van der Waals surface area contributed by atoms with Crippen LogP contribution in [0.2, 0.25) is 0 Å². The minimum atomic E-state index is -0.344. The standard InChI is InChI=1S/C12H18O2/c1-6-14-12(13)11(5)10(4)8-7-9(2)3/h7-8H,5-6H2,1-4H3. The average Bonchev–Trinajstić information content (AvgIpc) is 2.13. The summed E-state index contributed by atoms with van der Waals surface area (Å²) in [6.07, 6.45) is 3.81. The number of allylic oxidation sites excluding steroid dienone is 3. The van der Waals surface area contributed by atoms with Crippen LogP contribution >= 0.6 is 0 Å². The van der Waals surface area contributed by atoms with Gasteiger partial charge in [-0.05, 0) is 33.3 Å². The maximum atomic E-state index is 11.2. The van der Waals surface area contributed by atoms with Crippen LogP contribution in [0.5, 0.6) is 0 Å². The van der Waals surface area contributed by atoms with Gasteiger partial charge in [-0.15, -0.1) is 0 Å². The molecule has 0 saturated carbocycles. The molecule has 2 nitrogen and oxygen atoms in total. The van der Waals surface area contributed by atoms with Crippen molar-refractivity contribution in [2.45, 2.75) is 27.7 Å². The molecule has 0 radical (unpaired) electrons. The summed E-state index contributed by atoms with van der Waals surface area (Å²) < 4.78 is 4.83. The van der Waals surface area contributed by atoms with Crippen molar-refractivity contribution >= 4 is 5.97 Å². The Morgan fingerprint density at radius 2 is 1.86 bits per heavy atom. The summed E-state index contributed by atoms with van der Waals surface area (Å²) in [5.74, 6) is -0.344. The molecule has 0 rings (SSSR count). The molecule has 78 valence electrons. The number of hydrogen-bond acceptors (Lipinski definition) is 2. The molecule has 0 atom stereocenters. The molecule has 0 aromatic rings. The van der Waals surface area contributed by atoms with Crippen molar-refractivity contribution in [3.8, 4) is 0 Å². The summed E-state index contributed by atoms with van der Waals surface area (Å²) >= 11 is 0. The van der Waals surface area contributed by atoms with E-state index in [0.29, 0.717) is 12.2 Å². The van der Waals surface area contributed by atoms with E-state index in [1.807, 2.05) is 32.9 Å². The minimum absolute atomic E-state index is 0.344. The van der Waals surface area contributed by atoms with Crippen LogP contribution in [0.25, 0.3) is 0 Å². The summed E-state index contributed by atoms with van der Waals surface area (Å²) in [5.41, 5.74) is 2.44. The molecule has 0 bridgehead atoms. The van der Waals surface area contributed by atoms with Gasteiger partial charge in [0.25, 0.3) is 0 Å². The van der Waals surface area contributed by atoms with Gasteiger partial charge in [-0.1, -0.05) is 24.3 Å². The average molecular weight is 194 g/mol. The van der Waals surface area contributed by atoms with Gasteiger partial charge in [0, 0.05) is 0 Å². The van der Waals surface area contributed by atoms with Crippen LogP contribution in [0.4, 0.5) is 0 Å². The van der Waals surface area contributed by atoms with Crippen LogP contribution < -0.4 is 0 Å². The van der Waals surface area contributed by atoms with Gasteiger partial charge in [0.1, 0.15) is 0 Å². The molecule has 14 heavy (non-hydrogen) atoms. The van der Waals surface area contributed by atoms with Crippen LogP contribution in [0.3, 0.4) is 0 Å². The second kappa shape index (κ2) is 6.19. The van der Waals surface area contributed by atoms with Crippen molar-refractivity contribution in [3.63, 3.8) is 0 Å². The van der Waals surface area contributed by atoms with Gasteiger partial charge in [-0.2, -0.15) is 0 Å². The molecule has 0 unspecified atom stereocenters.